The molecule has 1 amide bonds. The van der Waals surface area contributed by atoms with E-state index in [1.54, 1.807) is 4.57 Å². The van der Waals surface area contributed by atoms with E-state index in [1.807, 2.05) is 24.4 Å². The summed E-state index contributed by atoms with van der Waals surface area (Å²) >= 11 is 4.69. The number of carbonyl (C=O) groups is 1. The van der Waals surface area contributed by atoms with E-state index in [-0.39, 0.29) is 10.8 Å². The average molecular weight is 424 g/mol. The molecule has 0 bridgehead atoms. The number of rotatable bonds is 6. The van der Waals surface area contributed by atoms with Gasteiger partial charge in [-0.25, -0.2) is 0 Å². The van der Waals surface area contributed by atoms with Crippen LogP contribution in [0, 0.1) is 12.8 Å². The molecule has 1 saturated heterocycles. The van der Waals surface area contributed by atoms with Crippen LogP contribution in [-0.4, -0.2) is 30.1 Å². The molecule has 1 fully saturated rings. The fraction of sp³-hybridized carbons (Fsp3) is 0.444. The van der Waals surface area contributed by atoms with Crippen LogP contribution in [0.2, 0.25) is 0 Å². The number of amides is 1. The van der Waals surface area contributed by atoms with Crippen LogP contribution in [0.5, 0.6) is 0 Å². The summed E-state index contributed by atoms with van der Waals surface area (Å²) in [6, 6.07) is 8.31. The van der Waals surface area contributed by atoms with E-state index in [9.17, 15) is 9.59 Å². The first-order chi connectivity index (χ1) is 12.0. The van der Waals surface area contributed by atoms with Crippen LogP contribution in [0.4, 0.5) is 5.69 Å². The number of nitrogens with one attached hydrogen (secondary N) is 1. The molecule has 7 heteroatoms. The number of aryl methyl sites for hydroxylation is 1. The summed E-state index contributed by atoms with van der Waals surface area (Å²) in [5.74, 6) is 0.479. The SMILES string of the molecule is Cc1csc(=O)n1CCC(=O)NCC1CCN(c2cccc(Br)c2)C1. The molecular formula is C18H22BrN3O2S. The van der Waals surface area contributed by atoms with E-state index in [4.69, 9.17) is 0 Å². The summed E-state index contributed by atoms with van der Waals surface area (Å²) in [5.41, 5.74) is 2.14. The molecule has 0 saturated carbocycles. The fourth-order valence-corrected chi connectivity index (χ4v) is 4.29. The van der Waals surface area contributed by atoms with Crippen molar-refractivity contribution in [1.82, 2.24) is 9.88 Å². The minimum Gasteiger partial charge on any atom is -0.371 e. The lowest BCUT2D eigenvalue weighted by molar-refractivity contribution is -0.121. The lowest BCUT2D eigenvalue weighted by Crippen LogP contribution is -2.32. The number of thiazole rings is 1. The van der Waals surface area contributed by atoms with Crippen molar-refractivity contribution in [1.29, 1.82) is 0 Å². The van der Waals surface area contributed by atoms with E-state index < -0.39 is 0 Å². The second-order valence-electron chi connectivity index (χ2n) is 6.43. The van der Waals surface area contributed by atoms with Crippen LogP contribution in [0.1, 0.15) is 18.5 Å². The molecule has 1 unspecified atom stereocenters. The Morgan fingerprint density at radius 1 is 1.44 bits per heavy atom. The van der Waals surface area contributed by atoms with Crippen LogP contribution in [-0.2, 0) is 11.3 Å². The number of benzene rings is 1. The van der Waals surface area contributed by atoms with E-state index in [1.165, 1.54) is 17.0 Å². The van der Waals surface area contributed by atoms with Gasteiger partial charge in [0.15, 0.2) is 0 Å². The van der Waals surface area contributed by atoms with Gasteiger partial charge in [0.1, 0.15) is 0 Å². The average Bonchev–Trinajstić information content (AvgIpc) is 3.19. The maximum Gasteiger partial charge on any atom is 0.307 e. The third-order valence-corrected chi connectivity index (χ3v) is 5.96. The van der Waals surface area contributed by atoms with Crippen molar-refractivity contribution in [2.75, 3.05) is 24.5 Å². The van der Waals surface area contributed by atoms with Crippen LogP contribution in [0.3, 0.4) is 0 Å². The van der Waals surface area contributed by atoms with Crippen molar-refractivity contribution in [3.63, 3.8) is 0 Å². The van der Waals surface area contributed by atoms with Gasteiger partial charge in [0.05, 0.1) is 0 Å². The van der Waals surface area contributed by atoms with Crippen molar-refractivity contribution in [3.05, 3.63) is 49.5 Å². The summed E-state index contributed by atoms with van der Waals surface area (Å²) in [5, 5.41) is 4.85. The normalized spacial score (nSPS) is 17.0. The molecule has 0 aliphatic carbocycles. The van der Waals surface area contributed by atoms with Gasteiger partial charge < -0.3 is 14.8 Å². The molecule has 0 spiro atoms. The predicted octanol–water partition coefficient (Wildman–Crippen LogP) is 3.01. The number of hydrogen-bond donors (Lipinski definition) is 1. The molecule has 1 aromatic carbocycles. The first-order valence-electron chi connectivity index (χ1n) is 8.45. The molecule has 5 nitrogen and oxygen atoms in total. The monoisotopic (exact) mass is 423 g/mol. The first kappa shape index (κ1) is 18.2. The Kier molecular flexibility index (Phi) is 5.96. The van der Waals surface area contributed by atoms with E-state index in [2.05, 4.69) is 38.3 Å². The third-order valence-electron chi connectivity index (χ3n) is 4.59. The quantitative estimate of drug-likeness (QED) is 0.776. The molecule has 1 aromatic heterocycles. The van der Waals surface area contributed by atoms with E-state index >= 15 is 0 Å². The summed E-state index contributed by atoms with van der Waals surface area (Å²) in [4.78, 5) is 26.1. The highest BCUT2D eigenvalue weighted by Gasteiger charge is 2.23. The maximum absolute atomic E-state index is 12.1. The third kappa shape index (κ3) is 4.73. The lowest BCUT2D eigenvalue weighted by Gasteiger charge is -2.19. The van der Waals surface area contributed by atoms with Crippen LogP contribution in [0.15, 0.2) is 38.9 Å². The van der Waals surface area contributed by atoms with Crippen molar-refractivity contribution >= 4 is 38.9 Å². The van der Waals surface area contributed by atoms with Gasteiger partial charge in [-0.3, -0.25) is 9.59 Å². The van der Waals surface area contributed by atoms with Crippen molar-refractivity contribution in [2.24, 2.45) is 5.92 Å². The van der Waals surface area contributed by atoms with E-state index in [0.29, 0.717) is 25.4 Å². The molecule has 1 N–H and O–H groups in total. The van der Waals surface area contributed by atoms with Gasteiger partial charge in [0.25, 0.3) is 0 Å². The molecule has 2 aromatic rings. The van der Waals surface area contributed by atoms with Crippen molar-refractivity contribution in [2.45, 2.75) is 26.3 Å². The molecule has 1 atom stereocenters. The number of anilines is 1. The minimum absolute atomic E-state index is 0.00533. The number of halogens is 1. The second-order valence-corrected chi connectivity index (χ2v) is 8.17. The van der Waals surface area contributed by atoms with Crippen molar-refractivity contribution < 1.29 is 4.79 Å². The van der Waals surface area contributed by atoms with Crippen LogP contribution in [0.25, 0.3) is 0 Å². The lowest BCUT2D eigenvalue weighted by atomic mass is 10.1. The van der Waals surface area contributed by atoms with E-state index in [0.717, 1.165) is 29.7 Å². The number of carbonyl (C=O) groups excluding carboxylic acids is 1. The molecule has 1 aliphatic heterocycles. The van der Waals surface area contributed by atoms with Gasteiger partial charge in [0.2, 0.25) is 5.91 Å². The van der Waals surface area contributed by atoms with Gasteiger partial charge in [-0.15, -0.1) is 0 Å². The largest absolute Gasteiger partial charge is 0.371 e. The predicted molar refractivity (Wildman–Crippen MR) is 105 cm³/mol. The smallest absolute Gasteiger partial charge is 0.307 e. The summed E-state index contributed by atoms with van der Waals surface area (Å²) in [6.45, 7) is 5.01. The summed E-state index contributed by atoms with van der Waals surface area (Å²) in [6.07, 6.45) is 1.43. The minimum atomic E-state index is 0.00533. The number of nitrogens with zero attached hydrogens (tertiary/aromatic N) is 2. The van der Waals surface area contributed by atoms with Gasteiger partial charge in [-0.1, -0.05) is 33.3 Å². The topological polar surface area (TPSA) is 54.3 Å². The molecule has 3 rings (SSSR count). The fourth-order valence-electron chi connectivity index (χ4n) is 3.14. The molecule has 0 radical (unpaired) electrons. The Labute approximate surface area is 159 Å². The first-order valence-corrected chi connectivity index (χ1v) is 10.1. The zero-order valence-electron chi connectivity index (χ0n) is 14.2. The number of aromatic nitrogens is 1. The molecule has 1 aliphatic rings. The summed E-state index contributed by atoms with van der Waals surface area (Å²) in [7, 11) is 0. The van der Waals surface area contributed by atoms with Crippen LogP contribution < -0.4 is 15.1 Å². The Hall–Kier alpha value is -1.60. The highest BCUT2D eigenvalue weighted by molar-refractivity contribution is 9.10. The molecular weight excluding hydrogens is 402 g/mol. The molecule has 25 heavy (non-hydrogen) atoms. The standard InChI is InChI=1S/C18H22BrN3O2S/c1-13-12-25-18(24)22(13)8-6-17(23)20-10-14-5-7-21(11-14)16-4-2-3-15(19)9-16/h2-4,9,12,14H,5-8,10-11H2,1H3,(H,20,23). The molecule has 134 valence electrons. The van der Waals surface area contributed by atoms with Crippen molar-refractivity contribution in [3.8, 4) is 0 Å². The Balaban J connectivity index is 1.43. The maximum atomic E-state index is 12.1. The Morgan fingerprint density at radius 2 is 2.28 bits per heavy atom. The second kappa shape index (κ2) is 8.19. The van der Waals surface area contributed by atoms with Gasteiger partial charge in [-0.2, -0.15) is 0 Å². The molecule has 2 heterocycles. The highest BCUT2D eigenvalue weighted by Crippen LogP contribution is 2.25. The van der Waals surface area contributed by atoms with Crippen LogP contribution >= 0.6 is 27.3 Å². The Bertz CT molecular complexity index is 802. The van der Waals surface area contributed by atoms with Gasteiger partial charge in [-0.05, 0) is 37.5 Å². The van der Waals surface area contributed by atoms with Gasteiger partial charge in [0, 0.05) is 53.8 Å². The zero-order valence-corrected chi connectivity index (χ0v) is 16.6. The highest BCUT2D eigenvalue weighted by atomic mass is 79.9. The zero-order chi connectivity index (χ0) is 17.8. The Morgan fingerprint density at radius 3 is 3.00 bits per heavy atom. The summed E-state index contributed by atoms with van der Waals surface area (Å²) < 4.78 is 2.75. The number of hydrogen-bond acceptors (Lipinski definition) is 4. The van der Waals surface area contributed by atoms with Gasteiger partial charge >= 0.3 is 4.87 Å².